The van der Waals surface area contributed by atoms with Crippen molar-refractivity contribution in [3.63, 3.8) is 0 Å². The van der Waals surface area contributed by atoms with Gasteiger partial charge in [-0.1, -0.05) is 39.8 Å². The Hall–Kier alpha value is -1.51. The fraction of sp³-hybridized carbons (Fsp3) is 0.611. The molecule has 0 bridgehead atoms. The molecule has 1 aromatic carbocycles. The second kappa shape index (κ2) is 6.97. The summed E-state index contributed by atoms with van der Waals surface area (Å²) in [6, 6.07) is 5.67. The molecule has 0 aromatic heterocycles. The van der Waals surface area contributed by atoms with Gasteiger partial charge in [0.25, 0.3) is 0 Å². The Balaban J connectivity index is 3.17. The van der Waals surface area contributed by atoms with Crippen LogP contribution in [0.25, 0.3) is 0 Å². The van der Waals surface area contributed by atoms with E-state index in [2.05, 4.69) is 27.7 Å². The van der Waals surface area contributed by atoms with Gasteiger partial charge in [-0.25, -0.2) is 4.79 Å². The van der Waals surface area contributed by atoms with E-state index in [1.807, 2.05) is 32.9 Å². The molecule has 0 aliphatic carbocycles. The molecule has 0 N–H and O–H groups in total. The van der Waals surface area contributed by atoms with Gasteiger partial charge in [0.05, 0.1) is 6.61 Å². The van der Waals surface area contributed by atoms with E-state index in [-0.39, 0.29) is 11.9 Å². The summed E-state index contributed by atoms with van der Waals surface area (Å²) >= 11 is 0. The Kier molecular flexibility index (Phi) is 5.82. The summed E-state index contributed by atoms with van der Waals surface area (Å²) < 4.78 is 11.4. The number of benzene rings is 1. The predicted molar refractivity (Wildman–Crippen MR) is 86.0 cm³/mol. The zero-order chi connectivity index (χ0) is 16.2. The van der Waals surface area contributed by atoms with E-state index < -0.39 is 5.60 Å². The zero-order valence-electron chi connectivity index (χ0n) is 14.3. The van der Waals surface area contributed by atoms with E-state index in [1.54, 1.807) is 6.07 Å². The lowest BCUT2D eigenvalue weighted by atomic mass is 9.99. The first-order chi connectivity index (χ1) is 9.61. The molecule has 1 rings (SSSR count). The second-order valence-corrected chi connectivity index (χ2v) is 7.09. The molecule has 118 valence electrons. The van der Waals surface area contributed by atoms with E-state index in [0.29, 0.717) is 23.8 Å². The molecular formula is C18H28O3. The monoisotopic (exact) mass is 292 g/mol. The highest BCUT2D eigenvalue weighted by molar-refractivity contribution is 5.93. The summed E-state index contributed by atoms with van der Waals surface area (Å²) in [5.74, 6) is 1.02. The first-order valence-electron chi connectivity index (χ1n) is 7.61. The van der Waals surface area contributed by atoms with E-state index in [9.17, 15) is 4.79 Å². The molecule has 0 saturated heterocycles. The molecule has 3 heteroatoms. The minimum atomic E-state index is -0.514. The van der Waals surface area contributed by atoms with Gasteiger partial charge in [0.15, 0.2) is 0 Å². The van der Waals surface area contributed by atoms with Gasteiger partial charge in [0.1, 0.15) is 16.9 Å². The van der Waals surface area contributed by atoms with Crippen LogP contribution >= 0.6 is 0 Å². The molecule has 21 heavy (non-hydrogen) atoms. The van der Waals surface area contributed by atoms with Crippen LogP contribution in [0, 0.1) is 5.92 Å². The third kappa shape index (κ3) is 5.41. The highest BCUT2D eigenvalue weighted by Crippen LogP contribution is 2.32. The van der Waals surface area contributed by atoms with E-state index in [4.69, 9.17) is 9.47 Å². The first kappa shape index (κ1) is 17.5. The average molecular weight is 292 g/mol. The summed E-state index contributed by atoms with van der Waals surface area (Å²) in [6.07, 6.45) is 0. The Labute approximate surface area is 128 Å². The second-order valence-electron chi connectivity index (χ2n) is 7.09. The first-order valence-corrected chi connectivity index (χ1v) is 7.61. The number of carbonyl (C=O) groups excluding carboxylic acids is 1. The van der Waals surface area contributed by atoms with Crippen LogP contribution in [0.3, 0.4) is 0 Å². The summed E-state index contributed by atoms with van der Waals surface area (Å²) in [5.41, 5.74) is 1.04. The topological polar surface area (TPSA) is 35.5 Å². The maximum Gasteiger partial charge on any atom is 0.342 e. The number of hydrogen-bond donors (Lipinski definition) is 0. The van der Waals surface area contributed by atoms with Crippen molar-refractivity contribution in [3.05, 3.63) is 29.3 Å². The van der Waals surface area contributed by atoms with Gasteiger partial charge in [0.2, 0.25) is 0 Å². The van der Waals surface area contributed by atoms with Gasteiger partial charge in [-0.05, 0) is 44.2 Å². The number of para-hydroxylation sites is 1. The lowest BCUT2D eigenvalue weighted by molar-refractivity contribution is 0.00651. The lowest BCUT2D eigenvalue weighted by Gasteiger charge is -2.22. The van der Waals surface area contributed by atoms with Gasteiger partial charge in [-0.2, -0.15) is 0 Å². The summed E-state index contributed by atoms with van der Waals surface area (Å²) in [6.45, 7) is 14.5. The van der Waals surface area contributed by atoms with Crippen LogP contribution in [0.2, 0.25) is 0 Å². The van der Waals surface area contributed by atoms with Crippen LogP contribution in [0.15, 0.2) is 18.2 Å². The molecule has 3 nitrogen and oxygen atoms in total. The zero-order valence-corrected chi connectivity index (χ0v) is 14.3. The molecule has 0 spiro atoms. The van der Waals surface area contributed by atoms with Gasteiger partial charge in [-0.15, -0.1) is 0 Å². The SMILES string of the molecule is CC(C)COc1c(C(=O)OC(C)(C)C)cccc1C(C)C. The van der Waals surface area contributed by atoms with Crippen LogP contribution in [0.5, 0.6) is 5.75 Å². The molecule has 0 fully saturated rings. The van der Waals surface area contributed by atoms with Gasteiger partial charge >= 0.3 is 5.97 Å². The molecule has 0 aliphatic rings. The van der Waals surface area contributed by atoms with E-state index >= 15 is 0 Å². The quantitative estimate of drug-likeness (QED) is 0.731. The predicted octanol–water partition coefficient (Wildman–Crippen LogP) is 4.80. The third-order valence-electron chi connectivity index (χ3n) is 2.85. The van der Waals surface area contributed by atoms with Crippen molar-refractivity contribution in [3.8, 4) is 5.75 Å². The summed E-state index contributed by atoms with van der Waals surface area (Å²) in [5, 5.41) is 0. The van der Waals surface area contributed by atoms with Gasteiger partial charge in [-0.3, -0.25) is 0 Å². The van der Waals surface area contributed by atoms with E-state index in [0.717, 1.165) is 5.56 Å². The van der Waals surface area contributed by atoms with Crippen molar-refractivity contribution in [2.75, 3.05) is 6.61 Å². The highest BCUT2D eigenvalue weighted by atomic mass is 16.6. The standard InChI is InChI=1S/C18H28O3/c1-12(2)11-20-16-14(13(3)4)9-8-10-15(16)17(19)21-18(5,6)7/h8-10,12-13H,11H2,1-7H3. The molecule has 0 atom stereocenters. The Morgan fingerprint density at radius 1 is 1.14 bits per heavy atom. The Morgan fingerprint density at radius 2 is 1.76 bits per heavy atom. The molecule has 0 heterocycles. The molecule has 1 aromatic rings. The molecule has 0 amide bonds. The number of rotatable bonds is 5. The number of esters is 1. The number of carbonyl (C=O) groups is 1. The van der Waals surface area contributed by atoms with Crippen molar-refractivity contribution in [2.45, 2.75) is 60.0 Å². The molecule has 0 aliphatic heterocycles. The van der Waals surface area contributed by atoms with Crippen molar-refractivity contribution < 1.29 is 14.3 Å². The number of hydrogen-bond acceptors (Lipinski definition) is 3. The minimum Gasteiger partial charge on any atom is -0.492 e. The van der Waals surface area contributed by atoms with Crippen molar-refractivity contribution in [1.82, 2.24) is 0 Å². The van der Waals surface area contributed by atoms with Crippen LogP contribution in [0.4, 0.5) is 0 Å². The third-order valence-corrected chi connectivity index (χ3v) is 2.85. The highest BCUT2D eigenvalue weighted by Gasteiger charge is 2.23. The molecule has 0 unspecified atom stereocenters. The summed E-state index contributed by atoms with van der Waals surface area (Å²) in [7, 11) is 0. The minimum absolute atomic E-state index is 0.287. The van der Waals surface area contributed by atoms with Crippen LogP contribution in [-0.2, 0) is 4.74 Å². The fourth-order valence-corrected chi connectivity index (χ4v) is 1.91. The van der Waals surface area contributed by atoms with Gasteiger partial charge < -0.3 is 9.47 Å². The number of ether oxygens (including phenoxy) is 2. The van der Waals surface area contributed by atoms with Crippen molar-refractivity contribution in [1.29, 1.82) is 0 Å². The van der Waals surface area contributed by atoms with Crippen molar-refractivity contribution in [2.24, 2.45) is 5.92 Å². The van der Waals surface area contributed by atoms with Gasteiger partial charge in [0, 0.05) is 0 Å². The van der Waals surface area contributed by atoms with Crippen LogP contribution in [0.1, 0.15) is 70.3 Å². The lowest BCUT2D eigenvalue weighted by Crippen LogP contribution is -2.24. The maximum atomic E-state index is 12.4. The normalized spacial score (nSPS) is 11.9. The van der Waals surface area contributed by atoms with E-state index in [1.165, 1.54) is 0 Å². The largest absolute Gasteiger partial charge is 0.492 e. The average Bonchev–Trinajstić information content (AvgIpc) is 2.33. The Morgan fingerprint density at radius 3 is 2.24 bits per heavy atom. The van der Waals surface area contributed by atoms with Crippen LogP contribution in [-0.4, -0.2) is 18.2 Å². The van der Waals surface area contributed by atoms with Crippen molar-refractivity contribution >= 4 is 5.97 Å². The molecule has 0 saturated carbocycles. The van der Waals surface area contributed by atoms with Crippen LogP contribution < -0.4 is 4.74 Å². The maximum absolute atomic E-state index is 12.4. The Bertz CT molecular complexity index is 482. The summed E-state index contributed by atoms with van der Waals surface area (Å²) in [4.78, 5) is 12.4. The molecular weight excluding hydrogens is 264 g/mol. The molecule has 0 radical (unpaired) electrons. The fourth-order valence-electron chi connectivity index (χ4n) is 1.91. The smallest absolute Gasteiger partial charge is 0.342 e.